The van der Waals surface area contributed by atoms with E-state index in [0.29, 0.717) is 10.6 Å². The van der Waals surface area contributed by atoms with Crippen LogP contribution in [-0.4, -0.2) is 37.9 Å². The van der Waals surface area contributed by atoms with Gasteiger partial charge in [-0.1, -0.05) is 30.3 Å². The maximum Gasteiger partial charge on any atom is 0.326 e. The number of thiophene rings is 1. The molecular weight excluding hydrogens is 350 g/mol. The fraction of sp³-hybridized carbons (Fsp3) is 0.211. The van der Waals surface area contributed by atoms with E-state index in [9.17, 15) is 14.7 Å². The molecule has 3 aromatic rings. The van der Waals surface area contributed by atoms with Crippen LogP contribution in [0, 0.1) is 6.92 Å². The SMILES string of the molecule is Cc1cc(C(=O)N2Cc3[nH]cnc3C[C@@H]2C(=O)O)sc1-c1ccccc1. The predicted octanol–water partition coefficient (Wildman–Crippen LogP) is 3.10. The molecule has 0 unspecified atom stereocenters. The van der Waals surface area contributed by atoms with Crippen molar-refractivity contribution in [2.75, 3.05) is 0 Å². The molecule has 1 atom stereocenters. The van der Waals surface area contributed by atoms with Gasteiger partial charge in [-0.15, -0.1) is 11.3 Å². The smallest absolute Gasteiger partial charge is 0.326 e. The number of imidazole rings is 1. The number of benzene rings is 1. The predicted molar refractivity (Wildman–Crippen MR) is 98.1 cm³/mol. The molecule has 132 valence electrons. The monoisotopic (exact) mass is 367 g/mol. The number of carbonyl (C=O) groups is 2. The fourth-order valence-electron chi connectivity index (χ4n) is 3.28. The zero-order valence-corrected chi connectivity index (χ0v) is 14.9. The van der Waals surface area contributed by atoms with Crippen molar-refractivity contribution in [2.24, 2.45) is 0 Å². The number of hydrogen-bond donors (Lipinski definition) is 2. The molecule has 0 aliphatic carbocycles. The van der Waals surface area contributed by atoms with Crippen LogP contribution < -0.4 is 0 Å². The van der Waals surface area contributed by atoms with Crippen LogP contribution in [0.3, 0.4) is 0 Å². The van der Waals surface area contributed by atoms with Gasteiger partial charge in [-0.3, -0.25) is 4.79 Å². The molecule has 7 heteroatoms. The Morgan fingerprint density at radius 3 is 2.81 bits per heavy atom. The number of nitrogens with one attached hydrogen (secondary N) is 1. The zero-order valence-electron chi connectivity index (χ0n) is 14.1. The van der Waals surface area contributed by atoms with Crippen molar-refractivity contribution < 1.29 is 14.7 Å². The van der Waals surface area contributed by atoms with E-state index in [1.54, 1.807) is 6.33 Å². The first-order chi connectivity index (χ1) is 12.5. The Kier molecular flexibility index (Phi) is 4.08. The molecule has 0 bridgehead atoms. The molecule has 0 radical (unpaired) electrons. The number of rotatable bonds is 3. The normalized spacial score (nSPS) is 16.3. The van der Waals surface area contributed by atoms with Gasteiger partial charge in [0.2, 0.25) is 0 Å². The lowest BCUT2D eigenvalue weighted by molar-refractivity contribution is -0.142. The molecule has 0 saturated heterocycles. The van der Waals surface area contributed by atoms with E-state index in [2.05, 4.69) is 9.97 Å². The van der Waals surface area contributed by atoms with E-state index >= 15 is 0 Å². The Morgan fingerprint density at radius 2 is 2.08 bits per heavy atom. The fourth-order valence-corrected chi connectivity index (χ4v) is 4.41. The molecule has 2 N–H and O–H groups in total. The van der Waals surface area contributed by atoms with Crippen LogP contribution in [0.2, 0.25) is 0 Å². The van der Waals surface area contributed by atoms with Crippen LogP contribution in [0.4, 0.5) is 0 Å². The highest BCUT2D eigenvalue weighted by atomic mass is 32.1. The summed E-state index contributed by atoms with van der Waals surface area (Å²) >= 11 is 1.40. The Bertz CT molecular complexity index is 977. The van der Waals surface area contributed by atoms with Gasteiger partial charge in [0.25, 0.3) is 5.91 Å². The van der Waals surface area contributed by atoms with Crippen LogP contribution in [0.15, 0.2) is 42.7 Å². The van der Waals surface area contributed by atoms with Crippen molar-refractivity contribution in [3.05, 3.63) is 64.6 Å². The minimum absolute atomic E-state index is 0.218. The third-order valence-corrected chi connectivity index (χ3v) is 5.88. The number of carboxylic acids is 1. The van der Waals surface area contributed by atoms with Crippen LogP contribution in [0.1, 0.15) is 26.6 Å². The lowest BCUT2D eigenvalue weighted by Gasteiger charge is -2.32. The summed E-state index contributed by atoms with van der Waals surface area (Å²) in [7, 11) is 0. The summed E-state index contributed by atoms with van der Waals surface area (Å²) in [6, 6.07) is 10.8. The Labute approximate surface area is 154 Å². The number of H-pyrrole nitrogens is 1. The van der Waals surface area contributed by atoms with Crippen molar-refractivity contribution in [2.45, 2.75) is 25.9 Å². The number of aliphatic carboxylic acids is 1. The van der Waals surface area contributed by atoms with Crippen molar-refractivity contribution in [1.82, 2.24) is 14.9 Å². The minimum atomic E-state index is -1.01. The molecule has 1 aliphatic heterocycles. The highest BCUT2D eigenvalue weighted by Crippen LogP contribution is 2.34. The van der Waals surface area contributed by atoms with E-state index in [0.717, 1.165) is 21.7 Å². The summed E-state index contributed by atoms with van der Waals surface area (Å²) < 4.78 is 0. The quantitative estimate of drug-likeness (QED) is 0.745. The molecule has 26 heavy (non-hydrogen) atoms. The standard InChI is InChI=1S/C19H17N3O3S/c1-11-7-16(26-17(11)12-5-3-2-4-6-12)18(23)22-9-14-13(20-10-21-14)8-15(22)19(24)25/h2-7,10,15H,8-9H2,1H3,(H,20,21)(H,24,25)/t15-/m1/s1. The molecule has 6 nitrogen and oxygen atoms in total. The zero-order chi connectivity index (χ0) is 18.3. The molecular formula is C19H17N3O3S. The Morgan fingerprint density at radius 1 is 1.31 bits per heavy atom. The second-order valence-corrected chi connectivity index (χ2v) is 7.36. The van der Waals surface area contributed by atoms with Crippen molar-refractivity contribution in [3.63, 3.8) is 0 Å². The molecule has 0 saturated carbocycles. The summed E-state index contributed by atoms with van der Waals surface area (Å²) in [4.78, 5) is 34.9. The first-order valence-corrected chi connectivity index (χ1v) is 9.07. The number of nitrogens with zero attached hydrogens (tertiary/aromatic N) is 2. The van der Waals surface area contributed by atoms with Gasteiger partial charge < -0.3 is 15.0 Å². The third-order valence-electron chi connectivity index (χ3n) is 4.61. The second-order valence-electron chi connectivity index (χ2n) is 6.31. The average Bonchev–Trinajstić information content (AvgIpc) is 3.26. The molecule has 4 rings (SSSR count). The maximum absolute atomic E-state index is 13.1. The number of aromatic nitrogens is 2. The molecule has 0 fully saturated rings. The number of aryl methyl sites for hydroxylation is 1. The second kappa shape index (κ2) is 6.42. The highest BCUT2D eigenvalue weighted by Gasteiger charge is 2.37. The average molecular weight is 367 g/mol. The molecule has 3 heterocycles. The first-order valence-electron chi connectivity index (χ1n) is 8.25. The van der Waals surface area contributed by atoms with Gasteiger partial charge >= 0.3 is 5.97 Å². The highest BCUT2D eigenvalue weighted by molar-refractivity contribution is 7.17. The lowest BCUT2D eigenvalue weighted by atomic mass is 10.0. The number of aromatic amines is 1. The topological polar surface area (TPSA) is 86.3 Å². The Balaban J connectivity index is 1.68. The summed E-state index contributed by atoms with van der Waals surface area (Å²) in [6.07, 6.45) is 1.76. The van der Waals surface area contributed by atoms with Gasteiger partial charge in [-0.05, 0) is 24.1 Å². The van der Waals surface area contributed by atoms with Gasteiger partial charge in [-0.25, -0.2) is 9.78 Å². The number of carbonyl (C=O) groups excluding carboxylic acids is 1. The number of carboxylic acid groups (broad SMARTS) is 1. The summed E-state index contributed by atoms with van der Waals surface area (Å²) in [5.74, 6) is -1.27. The summed E-state index contributed by atoms with van der Waals surface area (Å²) in [5, 5.41) is 9.58. The maximum atomic E-state index is 13.1. The van der Waals surface area contributed by atoms with Crippen LogP contribution in [0.25, 0.3) is 10.4 Å². The van der Waals surface area contributed by atoms with Gasteiger partial charge in [-0.2, -0.15) is 0 Å². The third kappa shape index (κ3) is 2.80. The van der Waals surface area contributed by atoms with E-state index in [4.69, 9.17) is 0 Å². The molecule has 0 spiro atoms. The van der Waals surface area contributed by atoms with E-state index < -0.39 is 12.0 Å². The van der Waals surface area contributed by atoms with Crippen molar-refractivity contribution >= 4 is 23.2 Å². The van der Waals surface area contributed by atoms with Crippen LogP contribution in [-0.2, 0) is 17.8 Å². The van der Waals surface area contributed by atoms with E-state index in [1.165, 1.54) is 16.2 Å². The van der Waals surface area contributed by atoms with Crippen molar-refractivity contribution in [1.29, 1.82) is 0 Å². The van der Waals surface area contributed by atoms with Crippen LogP contribution in [0.5, 0.6) is 0 Å². The van der Waals surface area contributed by atoms with E-state index in [-0.39, 0.29) is 18.9 Å². The van der Waals surface area contributed by atoms with Crippen molar-refractivity contribution in [3.8, 4) is 10.4 Å². The van der Waals surface area contributed by atoms with E-state index in [1.807, 2.05) is 43.3 Å². The number of fused-ring (bicyclic) bond motifs is 1. The minimum Gasteiger partial charge on any atom is -0.480 e. The molecule has 1 aromatic carbocycles. The lowest BCUT2D eigenvalue weighted by Crippen LogP contribution is -2.48. The molecule has 2 aromatic heterocycles. The Hall–Kier alpha value is -2.93. The van der Waals surface area contributed by atoms with Gasteiger partial charge in [0.15, 0.2) is 0 Å². The van der Waals surface area contributed by atoms with Crippen LogP contribution >= 0.6 is 11.3 Å². The summed E-state index contributed by atoms with van der Waals surface area (Å²) in [5.41, 5.74) is 3.58. The van der Waals surface area contributed by atoms with Gasteiger partial charge in [0.05, 0.1) is 29.1 Å². The largest absolute Gasteiger partial charge is 0.480 e. The first kappa shape index (κ1) is 16.5. The molecule has 1 aliphatic rings. The number of amides is 1. The van der Waals surface area contributed by atoms with Gasteiger partial charge in [0, 0.05) is 11.3 Å². The summed E-state index contributed by atoms with van der Waals surface area (Å²) in [6.45, 7) is 2.19. The number of hydrogen-bond acceptors (Lipinski definition) is 4. The van der Waals surface area contributed by atoms with Gasteiger partial charge in [0.1, 0.15) is 6.04 Å². The molecule has 1 amide bonds.